The molecule has 0 saturated carbocycles. The predicted octanol–water partition coefficient (Wildman–Crippen LogP) is 3.91. The maximum Gasteiger partial charge on any atom is 0.288 e. The Labute approximate surface area is 188 Å². The third kappa shape index (κ3) is 11.4. The zero-order valence-corrected chi connectivity index (χ0v) is 17.0. The smallest absolute Gasteiger partial charge is 0.288 e. The van der Waals surface area contributed by atoms with Crippen LogP contribution in [0.4, 0.5) is 37.7 Å². The first-order valence-corrected chi connectivity index (χ1v) is 9.01. The summed E-state index contributed by atoms with van der Waals surface area (Å²) >= 11 is 1.63. The number of hydrogen-bond donors (Lipinski definition) is 1. The first-order chi connectivity index (χ1) is 14.3. The maximum absolute atomic E-state index is 12.8. The number of rotatable bonds is 5. The van der Waals surface area contributed by atoms with Crippen molar-refractivity contribution in [2.45, 2.75) is 26.8 Å². The van der Waals surface area contributed by atoms with Crippen molar-refractivity contribution in [3.8, 4) is 0 Å². The molecule has 10 nitrogen and oxygen atoms in total. The molecular formula is C15H15F6IN4O6. The van der Waals surface area contributed by atoms with Gasteiger partial charge in [-0.2, -0.15) is 0 Å². The summed E-state index contributed by atoms with van der Waals surface area (Å²) in [6.07, 6.45) is -3.59. The molecule has 32 heavy (non-hydrogen) atoms. The van der Waals surface area contributed by atoms with Crippen LogP contribution in [0.15, 0.2) is 34.1 Å². The summed E-state index contributed by atoms with van der Waals surface area (Å²) in [5.41, 5.74) is -3.48. The van der Waals surface area contributed by atoms with Gasteiger partial charge in [0.25, 0.3) is 28.9 Å². The topological polar surface area (TPSA) is 141 Å². The first-order valence-electron chi connectivity index (χ1n) is 7.49. The lowest BCUT2D eigenvalue weighted by Gasteiger charge is -2.03. The van der Waals surface area contributed by atoms with Crippen molar-refractivity contribution in [3.05, 3.63) is 77.1 Å². The van der Waals surface area contributed by atoms with Crippen molar-refractivity contribution >= 4 is 34.0 Å². The van der Waals surface area contributed by atoms with Gasteiger partial charge in [-0.05, 0) is 0 Å². The maximum atomic E-state index is 12.8. The van der Waals surface area contributed by atoms with Gasteiger partial charge in [0.05, 0.1) is 45.3 Å². The van der Waals surface area contributed by atoms with Crippen LogP contribution in [0, 0.1) is 31.9 Å². The van der Waals surface area contributed by atoms with Gasteiger partial charge in [0.15, 0.2) is 11.6 Å². The van der Waals surface area contributed by atoms with Gasteiger partial charge < -0.3 is 9.55 Å². The summed E-state index contributed by atoms with van der Waals surface area (Å²) < 4.78 is 70.6. The van der Waals surface area contributed by atoms with Gasteiger partial charge in [-0.3, -0.25) is 29.8 Å². The average molecular weight is 588 g/mol. The molecule has 2 aromatic rings. The molecule has 0 aliphatic carbocycles. The lowest BCUT2D eigenvalue weighted by atomic mass is 10.4. The summed E-state index contributed by atoms with van der Waals surface area (Å²) in [7, 11) is 0. The number of pyridine rings is 2. The summed E-state index contributed by atoms with van der Waals surface area (Å²) in [4.78, 5) is 41.6. The number of aromatic nitrogens is 2. The fourth-order valence-electron chi connectivity index (χ4n) is 1.52. The van der Waals surface area contributed by atoms with Crippen LogP contribution in [-0.2, 0) is 6.54 Å². The lowest BCUT2D eigenvalue weighted by Crippen LogP contribution is -2.25. The van der Waals surface area contributed by atoms with Crippen LogP contribution >= 0.6 is 22.6 Å². The summed E-state index contributed by atoms with van der Waals surface area (Å²) in [6, 6.07) is 0.961. The SMILES string of the molecule is C.FC(F)CI.O=c1[nH]cc([N+](=O)[O-])cc1F.O=c1c(F)cc([N+](=O)[O-])cn1CC(F)F. The molecule has 0 bridgehead atoms. The fraction of sp³-hybridized carbons (Fsp3) is 0.333. The van der Waals surface area contributed by atoms with Crippen molar-refractivity contribution in [2.24, 2.45) is 0 Å². The van der Waals surface area contributed by atoms with E-state index in [4.69, 9.17) is 0 Å². The van der Waals surface area contributed by atoms with Gasteiger partial charge in [-0.25, -0.2) is 26.3 Å². The number of hydrogen-bond acceptors (Lipinski definition) is 6. The molecule has 0 atom stereocenters. The highest BCUT2D eigenvalue weighted by atomic mass is 127. The van der Waals surface area contributed by atoms with Crippen LogP contribution in [0.5, 0.6) is 0 Å². The van der Waals surface area contributed by atoms with E-state index < -0.39 is 63.4 Å². The first kappa shape index (κ1) is 31.2. The van der Waals surface area contributed by atoms with Crippen molar-refractivity contribution in [1.29, 1.82) is 0 Å². The number of nitrogens with zero attached hydrogens (tertiary/aromatic N) is 3. The number of alkyl halides is 5. The molecule has 0 unspecified atom stereocenters. The Morgan fingerprint density at radius 1 is 0.969 bits per heavy atom. The van der Waals surface area contributed by atoms with Crippen molar-refractivity contribution < 1.29 is 36.2 Å². The number of aromatic amines is 1. The van der Waals surface area contributed by atoms with Gasteiger partial charge in [-0.15, -0.1) is 0 Å². The van der Waals surface area contributed by atoms with Gasteiger partial charge >= 0.3 is 0 Å². The molecule has 0 aliphatic heterocycles. The largest absolute Gasteiger partial charge is 0.320 e. The van der Waals surface area contributed by atoms with Crippen molar-refractivity contribution in [3.63, 3.8) is 0 Å². The van der Waals surface area contributed by atoms with Crippen LogP contribution in [0.3, 0.4) is 0 Å². The third-order valence-corrected chi connectivity index (χ3v) is 3.41. The molecule has 2 aromatic heterocycles. The molecule has 0 saturated heterocycles. The van der Waals surface area contributed by atoms with E-state index in [9.17, 15) is 56.2 Å². The lowest BCUT2D eigenvalue weighted by molar-refractivity contribution is -0.385. The molecule has 0 aliphatic rings. The van der Waals surface area contributed by atoms with E-state index in [1.807, 2.05) is 4.98 Å². The molecule has 17 heteroatoms. The van der Waals surface area contributed by atoms with Crippen LogP contribution in [0.1, 0.15) is 7.43 Å². The van der Waals surface area contributed by atoms with E-state index in [1.165, 1.54) is 0 Å². The monoisotopic (exact) mass is 588 g/mol. The minimum atomic E-state index is -2.89. The van der Waals surface area contributed by atoms with Gasteiger partial charge in [0, 0.05) is 0 Å². The summed E-state index contributed by atoms with van der Waals surface area (Å²) in [6.45, 7) is -1.07. The fourth-order valence-corrected chi connectivity index (χ4v) is 1.52. The molecular weight excluding hydrogens is 573 g/mol. The molecule has 0 radical (unpaired) electrons. The molecule has 2 rings (SSSR count). The summed E-state index contributed by atoms with van der Waals surface area (Å²) in [5, 5.41) is 20.2. The Morgan fingerprint density at radius 3 is 1.81 bits per heavy atom. The summed E-state index contributed by atoms with van der Waals surface area (Å²) in [5.74, 6) is -2.58. The van der Waals surface area contributed by atoms with E-state index in [2.05, 4.69) is 0 Å². The second-order valence-electron chi connectivity index (χ2n) is 4.99. The van der Waals surface area contributed by atoms with Crippen LogP contribution < -0.4 is 11.1 Å². The van der Waals surface area contributed by atoms with E-state index in [-0.39, 0.29) is 16.4 Å². The van der Waals surface area contributed by atoms with Gasteiger partial charge in [0.2, 0.25) is 6.43 Å². The van der Waals surface area contributed by atoms with Crippen LogP contribution in [0.2, 0.25) is 0 Å². The Balaban J connectivity index is 0. The third-order valence-electron chi connectivity index (χ3n) is 2.74. The highest BCUT2D eigenvalue weighted by Gasteiger charge is 2.15. The Bertz CT molecular complexity index is 1020. The zero-order chi connectivity index (χ0) is 24.3. The molecule has 1 N–H and O–H groups in total. The number of H-pyrrole nitrogens is 1. The Hall–Kier alpha value is -2.99. The number of nitro groups is 2. The molecule has 2 heterocycles. The van der Waals surface area contributed by atoms with Crippen molar-refractivity contribution in [1.82, 2.24) is 9.55 Å². The predicted molar refractivity (Wildman–Crippen MR) is 109 cm³/mol. The Kier molecular flexibility index (Phi) is 14.5. The number of nitrogens with one attached hydrogen (secondary N) is 1. The van der Waals surface area contributed by atoms with Crippen LogP contribution in [-0.4, -0.2) is 36.7 Å². The van der Waals surface area contributed by atoms with E-state index in [0.29, 0.717) is 18.3 Å². The Morgan fingerprint density at radius 2 is 1.44 bits per heavy atom. The molecule has 0 aromatic carbocycles. The highest BCUT2D eigenvalue weighted by Crippen LogP contribution is 2.10. The molecule has 0 amide bonds. The number of halogens is 7. The van der Waals surface area contributed by atoms with E-state index >= 15 is 0 Å². The van der Waals surface area contributed by atoms with Crippen LogP contribution in [0.25, 0.3) is 0 Å². The van der Waals surface area contributed by atoms with E-state index in [0.717, 1.165) is 6.20 Å². The molecule has 0 fully saturated rings. The molecule has 180 valence electrons. The standard InChI is InChI=1S/C7H5F3N2O3.C5H3FN2O3.C2H3F2I.CH4/c8-5-1-4(12(14)15)2-11(7(5)13)3-6(9)10;6-4-1-3(8(10)11)2-7-5(4)9;3-2(4)1-5;/h1-2,6H,3H2;1-2H,(H,7,9);2H,1H2;1H4. The zero-order valence-electron chi connectivity index (χ0n) is 14.8. The second kappa shape index (κ2) is 14.9. The van der Waals surface area contributed by atoms with Gasteiger partial charge in [-0.1, -0.05) is 30.0 Å². The van der Waals surface area contributed by atoms with Crippen molar-refractivity contribution in [2.75, 3.05) is 4.43 Å². The van der Waals surface area contributed by atoms with E-state index in [1.54, 1.807) is 22.6 Å². The highest BCUT2D eigenvalue weighted by molar-refractivity contribution is 14.1. The minimum Gasteiger partial charge on any atom is -0.320 e. The normalized spacial score (nSPS) is 9.78. The average Bonchev–Trinajstić information content (AvgIpc) is 2.67. The second-order valence-corrected chi connectivity index (χ2v) is 5.87. The van der Waals surface area contributed by atoms with Gasteiger partial charge in [0.1, 0.15) is 0 Å². The molecule has 0 spiro atoms. The quantitative estimate of drug-likeness (QED) is 0.185. The minimum absolute atomic E-state index is 0.